The van der Waals surface area contributed by atoms with Gasteiger partial charge in [0.05, 0.1) is 6.26 Å². The summed E-state index contributed by atoms with van der Waals surface area (Å²) in [7, 11) is 0. The van der Waals surface area contributed by atoms with Crippen molar-refractivity contribution in [3.8, 4) is 0 Å². The summed E-state index contributed by atoms with van der Waals surface area (Å²) in [6.45, 7) is 0.724. The highest BCUT2D eigenvalue weighted by Crippen LogP contribution is 2.28. The molecule has 1 atom stereocenters. The van der Waals surface area contributed by atoms with E-state index in [1.54, 1.807) is 6.26 Å². The van der Waals surface area contributed by atoms with Crippen LogP contribution in [-0.4, -0.2) is 12.6 Å². The molecule has 2 N–H and O–H groups in total. The molecule has 1 aromatic carbocycles. The molecule has 1 aliphatic carbocycles. The zero-order valence-corrected chi connectivity index (χ0v) is 14.0. The van der Waals surface area contributed by atoms with Gasteiger partial charge in [-0.15, -0.1) is 0 Å². The Balaban J connectivity index is 1.50. The van der Waals surface area contributed by atoms with Gasteiger partial charge >= 0.3 is 6.03 Å². The fourth-order valence-corrected chi connectivity index (χ4v) is 3.49. The van der Waals surface area contributed by atoms with E-state index < -0.39 is 0 Å². The molecule has 24 heavy (non-hydrogen) atoms. The van der Waals surface area contributed by atoms with Crippen molar-refractivity contribution in [2.24, 2.45) is 5.92 Å². The van der Waals surface area contributed by atoms with Crippen LogP contribution in [0.5, 0.6) is 0 Å². The highest BCUT2D eigenvalue weighted by atomic mass is 16.3. The van der Waals surface area contributed by atoms with Gasteiger partial charge in [-0.25, -0.2) is 4.79 Å². The van der Waals surface area contributed by atoms with Crippen molar-refractivity contribution in [2.45, 2.75) is 44.6 Å². The van der Waals surface area contributed by atoms with Gasteiger partial charge in [-0.1, -0.05) is 56.0 Å². The maximum Gasteiger partial charge on any atom is 0.315 e. The monoisotopic (exact) mass is 326 g/mol. The largest absolute Gasteiger partial charge is 0.467 e. The smallest absolute Gasteiger partial charge is 0.315 e. The third-order valence-electron chi connectivity index (χ3n) is 4.79. The minimum Gasteiger partial charge on any atom is -0.467 e. The first-order valence-electron chi connectivity index (χ1n) is 8.95. The minimum absolute atomic E-state index is 0.147. The molecule has 1 aromatic heterocycles. The van der Waals surface area contributed by atoms with E-state index in [4.69, 9.17) is 4.42 Å². The molecular formula is C20H26N2O2. The third kappa shape index (κ3) is 4.63. The van der Waals surface area contributed by atoms with Crippen molar-refractivity contribution in [1.29, 1.82) is 0 Å². The van der Waals surface area contributed by atoms with Crippen molar-refractivity contribution < 1.29 is 9.21 Å². The predicted molar refractivity (Wildman–Crippen MR) is 94.7 cm³/mol. The maximum absolute atomic E-state index is 12.3. The second kappa shape index (κ2) is 8.57. The van der Waals surface area contributed by atoms with E-state index >= 15 is 0 Å². The first-order valence-corrected chi connectivity index (χ1v) is 8.95. The van der Waals surface area contributed by atoms with Crippen LogP contribution in [0.3, 0.4) is 0 Å². The van der Waals surface area contributed by atoms with Crippen LogP contribution in [0.25, 0.3) is 0 Å². The highest BCUT2D eigenvalue weighted by Gasteiger charge is 2.19. The van der Waals surface area contributed by atoms with Gasteiger partial charge in [0.2, 0.25) is 0 Å². The van der Waals surface area contributed by atoms with Crippen LogP contribution in [-0.2, 0) is 0 Å². The zero-order valence-electron chi connectivity index (χ0n) is 14.0. The molecule has 3 rings (SSSR count). The lowest BCUT2D eigenvalue weighted by molar-refractivity contribution is 0.236. The van der Waals surface area contributed by atoms with Gasteiger partial charge in [0, 0.05) is 6.54 Å². The van der Waals surface area contributed by atoms with Gasteiger partial charge in [0.1, 0.15) is 11.8 Å². The van der Waals surface area contributed by atoms with Gasteiger partial charge in [0.15, 0.2) is 0 Å². The number of carbonyl (C=O) groups excluding carboxylic acids is 1. The standard InChI is InChI=1S/C20H26N2O2/c23-20(21-14-6-10-16-8-4-5-9-16)22-19(18-13-7-15-24-18)17-11-2-1-3-12-17/h1-3,7,11-13,15-16,19H,4-6,8-10,14H2,(H2,21,22,23). The molecule has 2 aromatic rings. The van der Waals surface area contributed by atoms with E-state index in [-0.39, 0.29) is 12.1 Å². The number of amides is 2. The zero-order chi connectivity index (χ0) is 16.6. The Morgan fingerprint density at radius 1 is 1.12 bits per heavy atom. The third-order valence-corrected chi connectivity index (χ3v) is 4.79. The summed E-state index contributed by atoms with van der Waals surface area (Å²) in [6.07, 6.45) is 9.38. The van der Waals surface area contributed by atoms with Crippen LogP contribution in [0.1, 0.15) is 55.9 Å². The molecule has 0 aliphatic heterocycles. The van der Waals surface area contributed by atoms with Crippen LogP contribution in [0, 0.1) is 5.92 Å². The molecule has 0 spiro atoms. The molecule has 128 valence electrons. The second-order valence-corrected chi connectivity index (χ2v) is 6.55. The van der Waals surface area contributed by atoms with Crippen LogP contribution in [0.4, 0.5) is 4.79 Å². The Morgan fingerprint density at radius 3 is 2.62 bits per heavy atom. The number of carbonyl (C=O) groups is 1. The summed E-state index contributed by atoms with van der Waals surface area (Å²) < 4.78 is 5.50. The number of furan rings is 1. The normalized spacial score (nSPS) is 16.0. The molecule has 1 fully saturated rings. The molecule has 1 aliphatic rings. The maximum atomic E-state index is 12.3. The highest BCUT2D eigenvalue weighted by molar-refractivity contribution is 5.74. The van der Waals surface area contributed by atoms with E-state index in [1.807, 2.05) is 42.5 Å². The van der Waals surface area contributed by atoms with Crippen molar-refractivity contribution in [1.82, 2.24) is 10.6 Å². The van der Waals surface area contributed by atoms with E-state index in [2.05, 4.69) is 10.6 Å². The van der Waals surface area contributed by atoms with Gasteiger partial charge in [-0.2, -0.15) is 0 Å². The lowest BCUT2D eigenvalue weighted by atomic mass is 10.0. The fraction of sp³-hybridized carbons (Fsp3) is 0.450. The Labute approximate surface area is 143 Å². The van der Waals surface area contributed by atoms with Crippen LogP contribution < -0.4 is 10.6 Å². The number of urea groups is 1. The van der Waals surface area contributed by atoms with E-state index in [0.29, 0.717) is 0 Å². The minimum atomic E-state index is -0.268. The summed E-state index contributed by atoms with van der Waals surface area (Å²) >= 11 is 0. The molecule has 0 saturated heterocycles. The molecule has 0 radical (unpaired) electrons. The first-order chi connectivity index (χ1) is 11.8. The molecule has 0 bridgehead atoms. The predicted octanol–water partition coefficient (Wildman–Crippen LogP) is 4.64. The first kappa shape index (κ1) is 16.6. The number of benzene rings is 1. The summed E-state index contributed by atoms with van der Waals surface area (Å²) in [5.41, 5.74) is 1.01. The summed E-state index contributed by atoms with van der Waals surface area (Å²) in [6, 6.07) is 13.2. The average molecular weight is 326 g/mol. The summed E-state index contributed by atoms with van der Waals surface area (Å²) in [5.74, 6) is 1.61. The fourth-order valence-electron chi connectivity index (χ4n) is 3.49. The van der Waals surface area contributed by atoms with Gasteiger partial charge in [-0.3, -0.25) is 0 Å². The molecule has 4 nitrogen and oxygen atoms in total. The Hall–Kier alpha value is -2.23. The Kier molecular flexibility index (Phi) is 5.94. The molecule has 4 heteroatoms. The molecule has 1 unspecified atom stereocenters. The number of nitrogens with one attached hydrogen (secondary N) is 2. The lowest BCUT2D eigenvalue weighted by Gasteiger charge is -2.18. The summed E-state index contributed by atoms with van der Waals surface area (Å²) in [5, 5.41) is 6.00. The van der Waals surface area contributed by atoms with Gasteiger partial charge < -0.3 is 15.1 Å². The Morgan fingerprint density at radius 2 is 1.92 bits per heavy atom. The molecule has 1 saturated carbocycles. The number of hydrogen-bond acceptors (Lipinski definition) is 2. The second-order valence-electron chi connectivity index (χ2n) is 6.55. The van der Waals surface area contributed by atoms with Crippen LogP contribution in [0.15, 0.2) is 53.1 Å². The molecule has 1 heterocycles. The average Bonchev–Trinajstić information content (AvgIpc) is 3.31. The quantitative estimate of drug-likeness (QED) is 0.728. The number of hydrogen-bond donors (Lipinski definition) is 2. The van der Waals surface area contributed by atoms with Crippen molar-refractivity contribution in [3.63, 3.8) is 0 Å². The van der Waals surface area contributed by atoms with Crippen LogP contribution >= 0.6 is 0 Å². The van der Waals surface area contributed by atoms with Crippen molar-refractivity contribution in [3.05, 3.63) is 60.1 Å². The number of rotatable bonds is 7. The Bertz CT molecular complexity index is 604. The SMILES string of the molecule is O=C(NCCCC1CCCC1)NC(c1ccccc1)c1ccco1. The van der Waals surface area contributed by atoms with Crippen molar-refractivity contribution in [2.75, 3.05) is 6.54 Å². The van der Waals surface area contributed by atoms with Gasteiger partial charge in [-0.05, 0) is 36.5 Å². The van der Waals surface area contributed by atoms with Crippen LogP contribution in [0.2, 0.25) is 0 Å². The van der Waals surface area contributed by atoms with Crippen molar-refractivity contribution >= 4 is 6.03 Å². The van der Waals surface area contributed by atoms with E-state index in [9.17, 15) is 4.79 Å². The molecule has 2 amide bonds. The molecular weight excluding hydrogens is 300 g/mol. The topological polar surface area (TPSA) is 54.3 Å². The van der Waals surface area contributed by atoms with Gasteiger partial charge in [0.25, 0.3) is 0 Å². The van der Waals surface area contributed by atoms with E-state index in [0.717, 1.165) is 30.2 Å². The van der Waals surface area contributed by atoms with E-state index in [1.165, 1.54) is 32.1 Å². The lowest BCUT2D eigenvalue weighted by Crippen LogP contribution is -2.38. The summed E-state index contributed by atoms with van der Waals surface area (Å²) in [4.78, 5) is 12.3.